The summed E-state index contributed by atoms with van der Waals surface area (Å²) in [7, 11) is 1.58. The van der Waals surface area contributed by atoms with Crippen LogP contribution in [0.5, 0.6) is 17.4 Å². The first-order valence-corrected chi connectivity index (χ1v) is 6.84. The maximum Gasteiger partial charge on any atom is 0.226 e. The first-order valence-electron chi connectivity index (χ1n) is 6.84. The van der Waals surface area contributed by atoms with Gasteiger partial charge >= 0.3 is 0 Å². The molecule has 0 aliphatic carbocycles. The molecule has 2 heterocycles. The quantitative estimate of drug-likeness (QED) is 0.930. The van der Waals surface area contributed by atoms with Crippen molar-refractivity contribution < 1.29 is 14.2 Å². The molecule has 1 aromatic carbocycles. The minimum Gasteiger partial charge on any atom is -0.490 e. The number of rotatable bonds is 4. The Morgan fingerprint density at radius 3 is 2.90 bits per heavy atom. The van der Waals surface area contributed by atoms with Crippen LogP contribution in [0.2, 0.25) is 0 Å². The van der Waals surface area contributed by atoms with E-state index in [0.29, 0.717) is 31.6 Å². The van der Waals surface area contributed by atoms with Crippen molar-refractivity contribution in [3.8, 4) is 17.4 Å². The van der Waals surface area contributed by atoms with E-state index in [1.54, 1.807) is 19.4 Å². The fourth-order valence-electron chi connectivity index (χ4n) is 2.04. The molecule has 2 aromatic rings. The summed E-state index contributed by atoms with van der Waals surface area (Å²) < 4.78 is 16.4. The normalized spacial score (nSPS) is 13.4. The highest BCUT2D eigenvalue weighted by Crippen LogP contribution is 2.30. The number of anilines is 1. The molecule has 3 rings (SSSR count). The van der Waals surface area contributed by atoms with E-state index < -0.39 is 0 Å². The van der Waals surface area contributed by atoms with Gasteiger partial charge in [0.1, 0.15) is 0 Å². The number of benzene rings is 1. The summed E-state index contributed by atoms with van der Waals surface area (Å²) in [5, 5.41) is 3.16. The van der Waals surface area contributed by atoms with Gasteiger partial charge in [0.15, 0.2) is 11.5 Å². The van der Waals surface area contributed by atoms with E-state index in [1.807, 2.05) is 18.2 Å². The van der Waals surface area contributed by atoms with Crippen molar-refractivity contribution in [3.63, 3.8) is 0 Å². The second-order valence-corrected chi connectivity index (χ2v) is 4.61. The summed E-state index contributed by atoms with van der Waals surface area (Å²) in [4.78, 5) is 8.36. The van der Waals surface area contributed by atoms with Crippen LogP contribution in [0.4, 0.5) is 5.95 Å². The zero-order chi connectivity index (χ0) is 14.5. The van der Waals surface area contributed by atoms with Gasteiger partial charge in [-0.25, -0.2) is 4.98 Å². The molecule has 0 atom stereocenters. The third kappa shape index (κ3) is 3.34. The van der Waals surface area contributed by atoms with Gasteiger partial charge in [-0.3, -0.25) is 0 Å². The van der Waals surface area contributed by atoms with Crippen molar-refractivity contribution in [3.05, 3.63) is 36.0 Å². The molecule has 0 spiro atoms. The Hall–Kier alpha value is -2.50. The molecule has 1 N–H and O–H groups in total. The van der Waals surface area contributed by atoms with Crippen LogP contribution in [0.1, 0.15) is 12.0 Å². The van der Waals surface area contributed by atoms with E-state index in [1.165, 1.54) is 0 Å². The molecule has 110 valence electrons. The topological polar surface area (TPSA) is 65.5 Å². The Kier molecular flexibility index (Phi) is 4.04. The van der Waals surface area contributed by atoms with Gasteiger partial charge in [0.2, 0.25) is 11.8 Å². The zero-order valence-corrected chi connectivity index (χ0v) is 11.8. The van der Waals surface area contributed by atoms with Crippen LogP contribution in [0.25, 0.3) is 0 Å². The molecule has 0 amide bonds. The molecule has 6 nitrogen and oxygen atoms in total. The van der Waals surface area contributed by atoms with Crippen molar-refractivity contribution in [1.29, 1.82) is 0 Å². The highest BCUT2D eigenvalue weighted by Gasteiger charge is 2.10. The van der Waals surface area contributed by atoms with E-state index in [4.69, 9.17) is 14.2 Å². The highest BCUT2D eigenvalue weighted by atomic mass is 16.5. The lowest BCUT2D eigenvalue weighted by Crippen LogP contribution is -2.04. The summed E-state index contributed by atoms with van der Waals surface area (Å²) >= 11 is 0. The van der Waals surface area contributed by atoms with Gasteiger partial charge in [-0.05, 0) is 17.7 Å². The molecular weight excluding hydrogens is 270 g/mol. The molecule has 0 saturated heterocycles. The largest absolute Gasteiger partial charge is 0.490 e. The fourth-order valence-corrected chi connectivity index (χ4v) is 2.04. The Bertz CT molecular complexity index is 619. The monoisotopic (exact) mass is 287 g/mol. The molecule has 0 radical (unpaired) electrons. The van der Waals surface area contributed by atoms with Crippen LogP contribution in [-0.4, -0.2) is 30.3 Å². The summed E-state index contributed by atoms with van der Waals surface area (Å²) in [6.45, 7) is 1.98. The smallest absolute Gasteiger partial charge is 0.226 e. The molecule has 0 unspecified atom stereocenters. The van der Waals surface area contributed by atoms with Crippen molar-refractivity contribution in [2.75, 3.05) is 25.6 Å². The van der Waals surface area contributed by atoms with Crippen molar-refractivity contribution >= 4 is 5.95 Å². The fraction of sp³-hybridized carbons (Fsp3) is 0.333. The lowest BCUT2D eigenvalue weighted by Gasteiger charge is -2.10. The maximum absolute atomic E-state index is 5.67. The number of fused-ring (bicyclic) bond motifs is 1. The van der Waals surface area contributed by atoms with E-state index in [-0.39, 0.29) is 0 Å². The van der Waals surface area contributed by atoms with Gasteiger partial charge in [0.25, 0.3) is 0 Å². The van der Waals surface area contributed by atoms with Gasteiger partial charge in [-0.1, -0.05) is 6.07 Å². The van der Waals surface area contributed by atoms with Gasteiger partial charge in [-0.15, -0.1) is 0 Å². The summed E-state index contributed by atoms with van der Waals surface area (Å²) in [6.07, 6.45) is 2.56. The Labute approximate surface area is 123 Å². The second kappa shape index (κ2) is 6.30. The SMILES string of the molecule is COc1ccnc(NCc2ccc3c(c2)OCCCO3)n1. The number of nitrogens with one attached hydrogen (secondary N) is 1. The molecule has 1 aromatic heterocycles. The van der Waals surface area contributed by atoms with Crippen LogP contribution in [0, 0.1) is 0 Å². The van der Waals surface area contributed by atoms with Crippen molar-refractivity contribution in [2.24, 2.45) is 0 Å². The van der Waals surface area contributed by atoms with Crippen LogP contribution < -0.4 is 19.5 Å². The van der Waals surface area contributed by atoms with Crippen molar-refractivity contribution in [1.82, 2.24) is 9.97 Å². The van der Waals surface area contributed by atoms with E-state index in [0.717, 1.165) is 23.5 Å². The lowest BCUT2D eigenvalue weighted by molar-refractivity contribution is 0.297. The number of aromatic nitrogens is 2. The van der Waals surface area contributed by atoms with Crippen molar-refractivity contribution in [2.45, 2.75) is 13.0 Å². The predicted octanol–water partition coefficient (Wildman–Crippen LogP) is 2.26. The molecule has 0 saturated carbocycles. The minimum absolute atomic E-state index is 0.529. The second-order valence-electron chi connectivity index (χ2n) is 4.61. The first kappa shape index (κ1) is 13.5. The highest BCUT2D eigenvalue weighted by molar-refractivity contribution is 5.44. The number of methoxy groups -OCH3 is 1. The third-order valence-corrected chi connectivity index (χ3v) is 3.10. The van der Waals surface area contributed by atoms with Crippen LogP contribution in [-0.2, 0) is 6.54 Å². The molecule has 1 aliphatic rings. The Balaban J connectivity index is 1.69. The molecule has 1 aliphatic heterocycles. The van der Waals surface area contributed by atoms with E-state index >= 15 is 0 Å². The van der Waals surface area contributed by atoms with Gasteiger partial charge in [-0.2, -0.15) is 4.98 Å². The lowest BCUT2D eigenvalue weighted by atomic mass is 10.2. The van der Waals surface area contributed by atoms with Crippen LogP contribution in [0.15, 0.2) is 30.5 Å². The summed E-state index contributed by atoms with van der Waals surface area (Å²) in [6, 6.07) is 7.62. The van der Waals surface area contributed by atoms with Gasteiger partial charge in [0.05, 0.1) is 20.3 Å². The number of hydrogen-bond acceptors (Lipinski definition) is 6. The van der Waals surface area contributed by atoms with Gasteiger partial charge < -0.3 is 19.5 Å². The number of hydrogen-bond donors (Lipinski definition) is 1. The Morgan fingerprint density at radius 1 is 1.19 bits per heavy atom. The standard InChI is InChI=1S/C15H17N3O3/c1-19-14-5-6-16-15(18-14)17-10-11-3-4-12-13(9-11)21-8-2-7-20-12/h3-6,9H,2,7-8,10H2,1H3,(H,16,17,18). The van der Waals surface area contributed by atoms with Crippen LogP contribution >= 0.6 is 0 Å². The summed E-state index contributed by atoms with van der Waals surface area (Å²) in [5.74, 6) is 2.65. The van der Waals surface area contributed by atoms with E-state index in [9.17, 15) is 0 Å². The number of ether oxygens (including phenoxy) is 3. The minimum atomic E-state index is 0.529. The Morgan fingerprint density at radius 2 is 2.05 bits per heavy atom. The van der Waals surface area contributed by atoms with E-state index in [2.05, 4.69) is 15.3 Å². The third-order valence-electron chi connectivity index (χ3n) is 3.10. The van der Waals surface area contributed by atoms with Gasteiger partial charge in [0, 0.05) is 25.2 Å². The van der Waals surface area contributed by atoms with Crippen LogP contribution in [0.3, 0.4) is 0 Å². The average molecular weight is 287 g/mol. The molecule has 0 fully saturated rings. The first-order chi connectivity index (χ1) is 10.3. The zero-order valence-electron chi connectivity index (χ0n) is 11.8. The molecule has 0 bridgehead atoms. The average Bonchev–Trinajstić information content (AvgIpc) is 2.78. The predicted molar refractivity (Wildman–Crippen MR) is 78.0 cm³/mol. The molecule has 21 heavy (non-hydrogen) atoms. The maximum atomic E-state index is 5.67. The number of nitrogens with zero attached hydrogens (tertiary/aromatic N) is 2. The molecule has 6 heteroatoms. The molecular formula is C15H17N3O3. The summed E-state index contributed by atoms with van der Waals surface area (Å²) in [5.41, 5.74) is 1.07.